The average molecular weight is 317 g/mol. The molecule has 0 radical (unpaired) electrons. The Kier molecular flexibility index (Phi) is 5.08. The van der Waals surface area contributed by atoms with Crippen molar-refractivity contribution in [1.82, 2.24) is 15.2 Å². The van der Waals surface area contributed by atoms with Gasteiger partial charge in [0, 0.05) is 37.6 Å². The molecule has 1 N–H and O–H groups in total. The monoisotopic (exact) mass is 317 g/mol. The van der Waals surface area contributed by atoms with Gasteiger partial charge in [-0.05, 0) is 26.0 Å². The molecule has 1 aromatic carbocycles. The van der Waals surface area contributed by atoms with Gasteiger partial charge in [-0.1, -0.05) is 17.7 Å². The molecule has 0 amide bonds. The van der Waals surface area contributed by atoms with E-state index in [4.69, 9.17) is 9.72 Å². The van der Waals surface area contributed by atoms with Crippen LogP contribution in [0.15, 0.2) is 29.6 Å². The number of hydrogen-bond donors (Lipinski definition) is 1. The van der Waals surface area contributed by atoms with Gasteiger partial charge in [0.25, 0.3) is 0 Å². The predicted octanol–water partition coefficient (Wildman–Crippen LogP) is 2.82. The van der Waals surface area contributed by atoms with Gasteiger partial charge in [-0.3, -0.25) is 4.90 Å². The highest BCUT2D eigenvalue weighted by molar-refractivity contribution is 7.09. The van der Waals surface area contributed by atoms with Crippen molar-refractivity contribution in [3.05, 3.63) is 45.9 Å². The van der Waals surface area contributed by atoms with Crippen molar-refractivity contribution in [3.8, 4) is 5.75 Å². The highest BCUT2D eigenvalue weighted by Gasteiger charge is 2.16. The Morgan fingerprint density at radius 1 is 1.36 bits per heavy atom. The van der Waals surface area contributed by atoms with E-state index in [2.05, 4.69) is 41.6 Å². The Morgan fingerprint density at radius 3 is 2.95 bits per heavy atom. The quantitative estimate of drug-likeness (QED) is 0.920. The molecule has 0 unspecified atom stereocenters. The first-order chi connectivity index (χ1) is 10.7. The summed E-state index contributed by atoms with van der Waals surface area (Å²) in [7, 11) is 0. The molecule has 0 bridgehead atoms. The van der Waals surface area contributed by atoms with Crippen LogP contribution in [0.4, 0.5) is 0 Å². The molecule has 2 aromatic rings. The molecule has 118 valence electrons. The lowest BCUT2D eigenvalue weighted by atomic mass is 10.2. The third-order valence-electron chi connectivity index (χ3n) is 3.82. The van der Waals surface area contributed by atoms with Gasteiger partial charge in [-0.15, -0.1) is 11.3 Å². The normalized spacial score (nSPS) is 19.3. The Morgan fingerprint density at radius 2 is 2.18 bits per heavy atom. The largest absolute Gasteiger partial charge is 0.486 e. The molecule has 1 aliphatic heterocycles. The lowest BCUT2D eigenvalue weighted by Gasteiger charge is -2.31. The van der Waals surface area contributed by atoms with E-state index in [1.807, 2.05) is 12.1 Å². The maximum Gasteiger partial charge on any atom is 0.140 e. The molecule has 1 atom stereocenters. The zero-order chi connectivity index (χ0) is 15.4. The summed E-state index contributed by atoms with van der Waals surface area (Å²) in [6, 6.07) is 8.71. The third kappa shape index (κ3) is 4.29. The molecule has 2 heterocycles. The second-order valence-corrected chi connectivity index (χ2v) is 6.87. The Labute approximate surface area is 136 Å². The SMILES string of the molecule is Cc1ccc(OCc2nc(CN3CCN[C@@H](C)C3)cs2)cc1. The lowest BCUT2D eigenvalue weighted by molar-refractivity contribution is 0.197. The third-order valence-corrected chi connectivity index (χ3v) is 4.69. The molecular formula is C17H23N3OS. The Bertz CT molecular complexity index is 596. The fourth-order valence-corrected chi connectivity index (χ4v) is 3.35. The number of nitrogens with zero attached hydrogens (tertiary/aromatic N) is 2. The number of aryl methyl sites for hydroxylation is 1. The van der Waals surface area contributed by atoms with Crippen LogP contribution in [0.2, 0.25) is 0 Å². The first-order valence-electron chi connectivity index (χ1n) is 7.77. The zero-order valence-electron chi connectivity index (χ0n) is 13.2. The molecule has 4 nitrogen and oxygen atoms in total. The summed E-state index contributed by atoms with van der Waals surface area (Å²) in [5.74, 6) is 0.901. The maximum atomic E-state index is 5.79. The van der Waals surface area contributed by atoms with Crippen molar-refractivity contribution < 1.29 is 4.74 Å². The molecule has 22 heavy (non-hydrogen) atoms. The minimum Gasteiger partial charge on any atom is -0.486 e. The number of benzene rings is 1. The van der Waals surface area contributed by atoms with Crippen LogP contribution in [0.5, 0.6) is 5.75 Å². The molecule has 0 saturated carbocycles. The summed E-state index contributed by atoms with van der Waals surface area (Å²) in [5, 5.41) is 6.66. The maximum absolute atomic E-state index is 5.79. The van der Waals surface area contributed by atoms with Crippen molar-refractivity contribution in [2.75, 3.05) is 19.6 Å². The Hall–Kier alpha value is -1.43. The van der Waals surface area contributed by atoms with Crippen LogP contribution in [0.25, 0.3) is 0 Å². The molecule has 3 rings (SSSR count). The van der Waals surface area contributed by atoms with E-state index >= 15 is 0 Å². The molecule has 5 heteroatoms. The fourth-order valence-electron chi connectivity index (χ4n) is 2.65. The summed E-state index contributed by atoms with van der Waals surface area (Å²) < 4.78 is 5.79. The minimum absolute atomic E-state index is 0.547. The highest BCUT2D eigenvalue weighted by Crippen LogP contribution is 2.17. The van der Waals surface area contributed by atoms with Crippen molar-refractivity contribution in [2.24, 2.45) is 0 Å². The van der Waals surface area contributed by atoms with Crippen LogP contribution in [0, 0.1) is 6.92 Å². The van der Waals surface area contributed by atoms with Crippen LogP contribution in [-0.2, 0) is 13.2 Å². The fraction of sp³-hybridized carbons (Fsp3) is 0.471. The number of thiazole rings is 1. The standard InChI is InChI=1S/C17H23N3OS/c1-13-3-5-16(6-4-13)21-11-17-19-15(12-22-17)10-20-8-7-18-14(2)9-20/h3-6,12,14,18H,7-11H2,1-2H3/t14-/m0/s1. The summed E-state index contributed by atoms with van der Waals surface area (Å²) in [6.07, 6.45) is 0. The van der Waals surface area contributed by atoms with Crippen molar-refractivity contribution >= 4 is 11.3 Å². The van der Waals surface area contributed by atoms with E-state index in [0.29, 0.717) is 12.6 Å². The number of rotatable bonds is 5. The Balaban J connectivity index is 1.51. The van der Waals surface area contributed by atoms with Crippen LogP contribution in [0.3, 0.4) is 0 Å². The highest BCUT2D eigenvalue weighted by atomic mass is 32.1. The van der Waals surface area contributed by atoms with Crippen LogP contribution < -0.4 is 10.1 Å². The molecule has 1 aromatic heterocycles. The second kappa shape index (κ2) is 7.22. The van der Waals surface area contributed by atoms with Gasteiger partial charge in [0.2, 0.25) is 0 Å². The van der Waals surface area contributed by atoms with Gasteiger partial charge < -0.3 is 10.1 Å². The van der Waals surface area contributed by atoms with Gasteiger partial charge in [0.05, 0.1) is 5.69 Å². The van der Waals surface area contributed by atoms with Crippen LogP contribution in [0.1, 0.15) is 23.2 Å². The molecule has 1 fully saturated rings. The topological polar surface area (TPSA) is 37.4 Å². The van der Waals surface area contributed by atoms with Crippen molar-refractivity contribution in [1.29, 1.82) is 0 Å². The first-order valence-corrected chi connectivity index (χ1v) is 8.65. The van der Waals surface area contributed by atoms with Crippen LogP contribution in [-0.4, -0.2) is 35.6 Å². The summed E-state index contributed by atoms with van der Waals surface area (Å²) in [6.45, 7) is 9.04. The number of aromatic nitrogens is 1. The summed E-state index contributed by atoms with van der Waals surface area (Å²) in [4.78, 5) is 7.15. The smallest absolute Gasteiger partial charge is 0.140 e. The molecule has 1 saturated heterocycles. The number of nitrogens with one attached hydrogen (secondary N) is 1. The van der Waals surface area contributed by atoms with E-state index in [9.17, 15) is 0 Å². The van der Waals surface area contributed by atoms with Gasteiger partial charge >= 0.3 is 0 Å². The van der Waals surface area contributed by atoms with E-state index in [0.717, 1.165) is 42.6 Å². The van der Waals surface area contributed by atoms with E-state index in [-0.39, 0.29) is 0 Å². The van der Waals surface area contributed by atoms with E-state index < -0.39 is 0 Å². The molecule has 1 aliphatic rings. The van der Waals surface area contributed by atoms with Gasteiger partial charge in [-0.2, -0.15) is 0 Å². The summed E-state index contributed by atoms with van der Waals surface area (Å²) in [5.41, 5.74) is 2.40. The van der Waals surface area contributed by atoms with Crippen molar-refractivity contribution in [2.45, 2.75) is 33.0 Å². The van der Waals surface area contributed by atoms with Gasteiger partial charge in [0.1, 0.15) is 17.4 Å². The molecule has 0 aliphatic carbocycles. The first kappa shape index (κ1) is 15.5. The zero-order valence-corrected chi connectivity index (χ0v) is 14.0. The number of ether oxygens (including phenoxy) is 1. The molecular weight excluding hydrogens is 294 g/mol. The van der Waals surface area contributed by atoms with E-state index in [1.54, 1.807) is 11.3 Å². The van der Waals surface area contributed by atoms with Gasteiger partial charge in [-0.25, -0.2) is 4.98 Å². The van der Waals surface area contributed by atoms with Crippen molar-refractivity contribution in [3.63, 3.8) is 0 Å². The lowest BCUT2D eigenvalue weighted by Crippen LogP contribution is -2.48. The number of hydrogen-bond acceptors (Lipinski definition) is 5. The number of piperazine rings is 1. The average Bonchev–Trinajstić information content (AvgIpc) is 2.94. The molecule has 0 spiro atoms. The minimum atomic E-state index is 0.547. The predicted molar refractivity (Wildman–Crippen MR) is 90.4 cm³/mol. The second-order valence-electron chi connectivity index (χ2n) is 5.92. The van der Waals surface area contributed by atoms with Crippen LogP contribution >= 0.6 is 11.3 Å². The van der Waals surface area contributed by atoms with Gasteiger partial charge in [0.15, 0.2) is 0 Å². The summed E-state index contributed by atoms with van der Waals surface area (Å²) >= 11 is 1.68. The van der Waals surface area contributed by atoms with E-state index in [1.165, 1.54) is 5.56 Å².